The molecule has 2 rings (SSSR count). The largest absolute Gasteiger partial charge is 0.477 e. The van der Waals surface area contributed by atoms with Gasteiger partial charge in [0.1, 0.15) is 0 Å². The molecule has 1 N–H and O–H groups in total. The van der Waals surface area contributed by atoms with Crippen LogP contribution in [-0.2, 0) is 14.3 Å². The van der Waals surface area contributed by atoms with Gasteiger partial charge in [-0.25, -0.2) is 9.59 Å². The second kappa shape index (κ2) is 6.45. The first-order valence-corrected chi connectivity index (χ1v) is 7.04. The van der Waals surface area contributed by atoms with E-state index in [1.807, 2.05) is 0 Å². The van der Waals surface area contributed by atoms with Crippen molar-refractivity contribution >= 4 is 11.9 Å². The van der Waals surface area contributed by atoms with E-state index in [4.69, 9.17) is 9.84 Å². The van der Waals surface area contributed by atoms with Crippen molar-refractivity contribution in [3.8, 4) is 0 Å². The molecule has 0 saturated carbocycles. The van der Waals surface area contributed by atoms with Gasteiger partial charge in [-0.15, -0.1) is 0 Å². The van der Waals surface area contributed by atoms with Gasteiger partial charge in [0.25, 0.3) is 0 Å². The van der Waals surface area contributed by atoms with Crippen LogP contribution in [0.4, 0.5) is 0 Å². The Morgan fingerprint density at radius 3 is 2.68 bits per heavy atom. The number of hydrogen-bond acceptors (Lipinski definition) is 4. The summed E-state index contributed by atoms with van der Waals surface area (Å²) in [6, 6.07) is 0. The number of carboxylic acid groups (broad SMARTS) is 1. The molecule has 0 aromatic rings. The number of rotatable bonds is 6. The van der Waals surface area contributed by atoms with Gasteiger partial charge in [-0.2, -0.15) is 0 Å². The Balaban J connectivity index is 1.83. The molecule has 2 aliphatic rings. The first-order valence-electron chi connectivity index (χ1n) is 7.04. The number of hydrogen-bond donors (Lipinski definition) is 1. The topological polar surface area (TPSA) is 66.8 Å². The van der Waals surface area contributed by atoms with Crippen LogP contribution >= 0.6 is 0 Å². The van der Waals surface area contributed by atoms with Crippen molar-refractivity contribution in [2.45, 2.75) is 19.3 Å². The molecule has 1 unspecified atom stereocenters. The highest BCUT2D eigenvalue weighted by atomic mass is 16.5. The molecule has 1 amide bonds. The molecule has 2 fully saturated rings. The average Bonchev–Trinajstić information content (AvgIpc) is 2.71. The summed E-state index contributed by atoms with van der Waals surface area (Å²) in [5.74, 6) is -0.772. The summed E-state index contributed by atoms with van der Waals surface area (Å²) in [4.78, 5) is 25.3. The predicted molar refractivity (Wildman–Crippen MR) is 68.6 cm³/mol. The molecule has 1 atom stereocenters. The van der Waals surface area contributed by atoms with Crippen molar-refractivity contribution in [1.82, 2.24) is 4.90 Å². The van der Waals surface area contributed by atoms with Crippen LogP contribution in [0.2, 0.25) is 0 Å². The Hall–Kier alpha value is -0.980. The second-order valence-corrected chi connectivity index (χ2v) is 5.45. The number of likely N-dealkylation sites (tertiary alicyclic amines) is 1. The number of carbonyl (C=O) groups excluding carboxylic acids is 1. The van der Waals surface area contributed by atoms with Crippen LogP contribution in [0.15, 0.2) is 0 Å². The fraction of sp³-hybridized carbons (Fsp3) is 0.846. The lowest BCUT2D eigenvalue weighted by atomic mass is 10.2. The fourth-order valence-electron chi connectivity index (χ4n) is 3.06. The Bertz CT molecular complexity index is 342. The van der Waals surface area contributed by atoms with E-state index in [0.717, 1.165) is 45.7 Å². The van der Waals surface area contributed by atoms with Gasteiger partial charge >= 0.3 is 11.9 Å². The minimum absolute atomic E-state index is 0.0536. The van der Waals surface area contributed by atoms with E-state index in [0.29, 0.717) is 19.5 Å². The first-order chi connectivity index (χ1) is 9.12. The third-order valence-electron chi connectivity index (χ3n) is 4.11. The van der Waals surface area contributed by atoms with Crippen LogP contribution in [0.25, 0.3) is 0 Å². The molecule has 108 valence electrons. The van der Waals surface area contributed by atoms with Gasteiger partial charge in [-0.1, -0.05) is 0 Å². The normalized spacial score (nSPS) is 28.7. The van der Waals surface area contributed by atoms with Crippen molar-refractivity contribution in [2.75, 3.05) is 52.5 Å². The van der Waals surface area contributed by atoms with Crippen LogP contribution in [0.1, 0.15) is 19.3 Å². The van der Waals surface area contributed by atoms with E-state index in [1.165, 1.54) is 0 Å². The summed E-state index contributed by atoms with van der Waals surface area (Å²) < 4.78 is 5.44. The highest BCUT2D eigenvalue weighted by Crippen LogP contribution is 2.21. The van der Waals surface area contributed by atoms with Crippen LogP contribution in [0.5, 0.6) is 0 Å². The lowest BCUT2D eigenvalue weighted by Crippen LogP contribution is -2.53. The molecular weight excluding hydrogens is 248 g/mol. The zero-order valence-electron chi connectivity index (χ0n) is 11.3. The third kappa shape index (κ3) is 3.75. The minimum atomic E-state index is -0.873. The summed E-state index contributed by atoms with van der Waals surface area (Å²) >= 11 is 0. The Kier molecular flexibility index (Phi) is 4.90. The maximum absolute atomic E-state index is 12.0. The number of nitrogens with zero attached hydrogens (tertiary/aromatic N) is 2. The summed E-state index contributed by atoms with van der Waals surface area (Å²) in [6.45, 7) is 5.64. The van der Waals surface area contributed by atoms with Crippen molar-refractivity contribution in [2.24, 2.45) is 0 Å². The standard InChI is InChI=1S/C13H22N2O4/c16-12-3-1-7-15(12,11-13(17)18)8-2-4-14-5-9-19-10-6-14/h1-11H2/p+1. The quantitative estimate of drug-likeness (QED) is 0.685. The lowest BCUT2D eigenvalue weighted by Gasteiger charge is -2.31. The van der Waals surface area contributed by atoms with Gasteiger partial charge in [0.15, 0.2) is 6.54 Å². The van der Waals surface area contributed by atoms with E-state index < -0.39 is 5.97 Å². The van der Waals surface area contributed by atoms with Gasteiger partial charge in [-0.05, 0) is 0 Å². The molecule has 0 aromatic heterocycles. The number of amides is 1. The predicted octanol–water partition coefficient (Wildman–Crippen LogP) is -0.0695. The number of carboxylic acids is 1. The number of aliphatic carboxylic acids is 1. The average molecular weight is 271 g/mol. The smallest absolute Gasteiger partial charge is 0.359 e. The molecular formula is C13H23N2O4+. The van der Waals surface area contributed by atoms with Crippen LogP contribution in [0.3, 0.4) is 0 Å². The van der Waals surface area contributed by atoms with Gasteiger partial charge in [0, 0.05) is 32.5 Å². The van der Waals surface area contributed by atoms with Crippen molar-refractivity contribution < 1.29 is 23.9 Å². The maximum Gasteiger partial charge on any atom is 0.359 e. The Morgan fingerprint density at radius 1 is 1.37 bits per heavy atom. The van der Waals surface area contributed by atoms with Crippen LogP contribution in [-0.4, -0.2) is 78.8 Å². The number of quaternary nitrogens is 1. The molecule has 0 radical (unpaired) electrons. The fourth-order valence-corrected chi connectivity index (χ4v) is 3.06. The summed E-state index contributed by atoms with van der Waals surface area (Å²) in [7, 11) is 0. The Labute approximate surface area is 113 Å². The van der Waals surface area contributed by atoms with E-state index in [1.54, 1.807) is 0 Å². The monoisotopic (exact) mass is 271 g/mol. The number of ether oxygens (including phenoxy) is 1. The zero-order chi connectivity index (χ0) is 13.7. The maximum atomic E-state index is 12.0. The van der Waals surface area contributed by atoms with Gasteiger partial charge < -0.3 is 9.84 Å². The van der Waals surface area contributed by atoms with Crippen molar-refractivity contribution in [3.63, 3.8) is 0 Å². The molecule has 0 spiro atoms. The van der Waals surface area contributed by atoms with Crippen molar-refractivity contribution in [3.05, 3.63) is 0 Å². The molecule has 6 nitrogen and oxygen atoms in total. The minimum Gasteiger partial charge on any atom is -0.477 e. The molecule has 2 heterocycles. The molecule has 19 heavy (non-hydrogen) atoms. The molecule has 2 aliphatic heterocycles. The summed E-state index contributed by atoms with van der Waals surface area (Å²) in [5.41, 5.74) is 0. The Morgan fingerprint density at radius 2 is 2.11 bits per heavy atom. The SMILES string of the molecule is O=C(O)C[N+]1(CCCN2CCOCC2)CCCC1=O. The molecule has 2 saturated heterocycles. The van der Waals surface area contributed by atoms with E-state index in [2.05, 4.69) is 4.90 Å². The van der Waals surface area contributed by atoms with Gasteiger partial charge in [-0.3, -0.25) is 9.38 Å². The molecule has 0 aromatic carbocycles. The van der Waals surface area contributed by atoms with Crippen LogP contribution < -0.4 is 0 Å². The third-order valence-corrected chi connectivity index (χ3v) is 4.11. The lowest BCUT2D eigenvalue weighted by molar-refractivity contribution is -0.839. The van der Waals surface area contributed by atoms with E-state index in [9.17, 15) is 9.59 Å². The van der Waals surface area contributed by atoms with E-state index >= 15 is 0 Å². The number of morpholine rings is 1. The summed E-state index contributed by atoms with van der Waals surface area (Å²) in [6.07, 6.45) is 2.23. The first kappa shape index (κ1) is 14.4. The second-order valence-electron chi connectivity index (χ2n) is 5.45. The number of carbonyl (C=O) groups is 2. The molecule has 0 bridgehead atoms. The van der Waals surface area contributed by atoms with Crippen molar-refractivity contribution in [1.29, 1.82) is 0 Å². The molecule has 0 aliphatic carbocycles. The van der Waals surface area contributed by atoms with E-state index in [-0.39, 0.29) is 16.9 Å². The summed E-state index contributed by atoms with van der Waals surface area (Å²) in [5, 5.41) is 9.01. The zero-order valence-corrected chi connectivity index (χ0v) is 11.3. The van der Waals surface area contributed by atoms with Gasteiger partial charge in [0.05, 0.1) is 32.7 Å². The highest BCUT2D eigenvalue weighted by molar-refractivity contribution is 5.75. The van der Waals surface area contributed by atoms with Crippen LogP contribution in [0, 0.1) is 0 Å². The molecule has 6 heteroatoms. The van der Waals surface area contributed by atoms with Gasteiger partial charge in [0.2, 0.25) is 0 Å². The highest BCUT2D eigenvalue weighted by Gasteiger charge is 2.42.